The Labute approximate surface area is 280 Å². The van der Waals surface area contributed by atoms with Crippen molar-refractivity contribution in [3.63, 3.8) is 0 Å². The van der Waals surface area contributed by atoms with Crippen LogP contribution in [-0.2, 0) is 19.0 Å². The summed E-state index contributed by atoms with van der Waals surface area (Å²) in [4.78, 5) is 39.4. The Morgan fingerprint density at radius 1 is 0.896 bits per heavy atom. The number of aliphatic imine (C=N–C) groups is 1. The molecule has 1 aliphatic rings. The number of hydrogen-bond donors (Lipinski definition) is 3. The highest BCUT2D eigenvalue weighted by Crippen LogP contribution is 2.32. The molecule has 4 aromatic rings. The molecule has 2 heterocycles. The summed E-state index contributed by atoms with van der Waals surface area (Å²) in [6.07, 6.45) is 0. The number of likely N-dealkylation sites (N-methyl/N-ethyl adjacent to an activating group) is 1. The van der Waals surface area contributed by atoms with E-state index in [-0.39, 0.29) is 11.8 Å². The van der Waals surface area contributed by atoms with Crippen LogP contribution in [0.3, 0.4) is 0 Å². The molecule has 0 atom stereocenters. The number of carbonyl (C=O) groups is 2. The van der Waals surface area contributed by atoms with Crippen LogP contribution in [0.4, 0.5) is 11.4 Å². The first-order valence-electron chi connectivity index (χ1n) is 16.1. The second-order valence-corrected chi connectivity index (χ2v) is 11.5. The zero-order valence-electron chi connectivity index (χ0n) is 27.6. The normalized spacial score (nSPS) is 14.4. The largest absolute Gasteiger partial charge is 0.494 e. The minimum atomic E-state index is -0.464. The number of aromatic nitrogens is 1. The maximum absolute atomic E-state index is 13.2. The summed E-state index contributed by atoms with van der Waals surface area (Å²) in [5, 5.41) is 11.7. The number of aromatic hydroxyl groups is 1. The van der Waals surface area contributed by atoms with E-state index in [2.05, 4.69) is 14.8 Å². The third kappa shape index (κ3) is 8.85. The Hall–Kier alpha value is -4.59. The van der Waals surface area contributed by atoms with Gasteiger partial charge in [-0.2, -0.15) is 0 Å². The Morgan fingerprint density at radius 2 is 1.58 bits per heavy atom. The first-order chi connectivity index (χ1) is 23.4. The zero-order chi connectivity index (χ0) is 33.9. The molecule has 254 valence electrons. The number of nitrogens with zero attached hydrogens (tertiary/aromatic N) is 4. The number of benzene rings is 3. The standard InChI is InChI=1S/C36H44N6O6/c1-40(32(43)25-42-17-15-41(16-18-42)19-21-48-23-22-47-20-14-37)29-11-9-28(10-12-29)38-34(26-6-4-3-5-7-26)33-30-13-8-27(36(45)46-2)24-31(30)39-35(33)44/h3-13,24,39,44H,14-23,25,37H2,1-2H3. The van der Waals surface area contributed by atoms with Gasteiger partial charge in [-0.3, -0.25) is 14.6 Å². The van der Waals surface area contributed by atoms with E-state index in [1.54, 1.807) is 30.1 Å². The molecule has 0 unspecified atom stereocenters. The lowest BCUT2D eigenvalue weighted by molar-refractivity contribution is -0.119. The monoisotopic (exact) mass is 656 g/mol. The Kier molecular flexibility index (Phi) is 12.3. The van der Waals surface area contributed by atoms with Gasteiger partial charge >= 0.3 is 5.97 Å². The number of carbonyl (C=O) groups excluding carboxylic acids is 2. The molecule has 0 aliphatic carbocycles. The molecule has 12 heteroatoms. The molecule has 0 radical (unpaired) electrons. The molecular weight excluding hydrogens is 612 g/mol. The first kappa shape index (κ1) is 34.7. The average molecular weight is 657 g/mol. The van der Waals surface area contributed by atoms with Crippen molar-refractivity contribution in [1.29, 1.82) is 0 Å². The molecule has 5 rings (SSSR count). The highest BCUT2D eigenvalue weighted by atomic mass is 16.5. The maximum atomic E-state index is 13.2. The average Bonchev–Trinajstić information content (AvgIpc) is 3.45. The number of ether oxygens (including phenoxy) is 3. The summed E-state index contributed by atoms with van der Waals surface area (Å²) in [6.45, 7) is 7.46. The van der Waals surface area contributed by atoms with Crippen LogP contribution in [0.25, 0.3) is 10.9 Å². The SMILES string of the molecule is COC(=O)c1ccc2c(C(=Nc3ccc(N(C)C(=O)CN4CCN(CCOCCOCCN)CC4)cc3)c3ccccc3)c(O)[nH]c2c1. The van der Waals surface area contributed by atoms with Gasteiger partial charge in [-0.15, -0.1) is 0 Å². The predicted octanol–water partition coefficient (Wildman–Crippen LogP) is 3.40. The number of methoxy groups -OCH3 is 1. The second kappa shape index (κ2) is 17.0. The lowest BCUT2D eigenvalue weighted by Gasteiger charge is -2.34. The van der Waals surface area contributed by atoms with Crippen LogP contribution in [0.5, 0.6) is 5.88 Å². The van der Waals surface area contributed by atoms with Crippen LogP contribution < -0.4 is 10.6 Å². The fourth-order valence-electron chi connectivity index (χ4n) is 5.62. The van der Waals surface area contributed by atoms with E-state index in [9.17, 15) is 14.7 Å². The number of nitrogens with two attached hydrogens (primary N) is 1. The predicted molar refractivity (Wildman–Crippen MR) is 186 cm³/mol. The van der Waals surface area contributed by atoms with Gasteiger partial charge in [0, 0.05) is 68.5 Å². The molecule has 1 aromatic heterocycles. The number of rotatable bonds is 15. The molecular formula is C36H44N6O6. The number of nitrogens with one attached hydrogen (secondary N) is 1. The third-order valence-corrected chi connectivity index (χ3v) is 8.35. The first-order valence-corrected chi connectivity index (χ1v) is 16.1. The number of hydrogen-bond acceptors (Lipinski definition) is 10. The van der Waals surface area contributed by atoms with Crippen molar-refractivity contribution in [3.05, 3.63) is 89.5 Å². The van der Waals surface area contributed by atoms with Crippen molar-refractivity contribution in [2.24, 2.45) is 10.7 Å². The van der Waals surface area contributed by atoms with Crippen LogP contribution in [-0.4, -0.2) is 124 Å². The van der Waals surface area contributed by atoms with Crippen molar-refractivity contribution in [1.82, 2.24) is 14.8 Å². The molecule has 1 aliphatic heterocycles. The highest BCUT2D eigenvalue weighted by Gasteiger charge is 2.22. The van der Waals surface area contributed by atoms with Gasteiger partial charge < -0.3 is 34.9 Å². The lowest BCUT2D eigenvalue weighted by atomic mass is 10.00. The Morgan fingerprint density at radius 3 is 2.27 bits per heavy atom. The second-order valence-electron chi connectivity index (χ2n) is 11.5. The molecule has 1 amide bonds. The minimum absolute atomic E-state index is 0.0144. The molecule has 1 saturated heterocycles. The van der Waals surface area contributed by atoms with Crippen LogP contribution in [0.2, 0.25) is 0 Å². The van der Waals surface area contributed by atoms with Gasteiger partial charge in [0.15, 0.2) is 5.88 Å². The van der Waals surface area contributed by atoms with Crippen LogP contribution in [0.15, 0.2) is 77.8 Å². The van der Waals surface area contributed by atoms with Crippen molar-refractivity contribution in [2.45, 2.75) is 0 Å². The fourth-order valence-corrected chi connectivity index (χ4v) is 5.62. The summed E-state index contributed by atoms with van der Waals surface area (Å²) in [5.41, 5.74) is 9.67. The van der Waals surface area contributed by atoms with Gasteiger partial charge in [0.25, 0.3) is 0 Å². The van der Waals surface area contributed by atoms with E-state index in [0.29, 0.717) is 72.9 Å². The van der Waals surface area contributed by atoms with Gasteiger partial charge in [0.2, 0.25) is 5.91 Å². The number of amides is 1. The molecule has 48 heavy (non-hydrogen) atoms. The number of fused-ring (bicyclic) bond motifs is 1. The van der Waals surface area contributed by atoms with E-state index in [1.165, 1.54) is 7.11 Å². The number of esters is 1. The molecule has 12 nitrogen and oxygen atoms in total. The van der Waals surface area contributed by atoms with Crippen molar-refractivity contribution >= 4 is 39.9 Å². The van der Waals surface area contributed by atoms with E-state index in [1.807, 2.05) is 54.6 Å². The number of aromatic amines is 1. The molecule has 0 bridgehead atoms. The van der Waals surface area contributed by atoms with E-state index < -0.39 is 5.97 Å². The quantitative estimate of drug-likeness (QED) is 0.0996. The molecule has 0 spiro atoms. The number of anilines is 1. The summed E-state index contributed by atoms with van der Waals surface area (Å²) in [5.74, 6) is -0.510. The fraction of sp³-hybridized carbons (Fsp3) is 0.361. The van der Waals surface area contributed by atoms with Gasteiger partial charge in [-0.1, -0.05) is 36.4 Å². The smallest absolute Gasteiger partial charge is 0.337 e. The maximum Gasteiger partial charge on any atom is 0.337 e. The lowest BCUT2D eigenvalue weighted by Crippen LogP contribution is -2.50. The van der Waals surface area contributed by atoms with Crippen LogP contribution in [0, 0.1) is 0 Å². The van der Waals surface area contributed by atoms with E-state index in [0.717, 1.165) is 44.0 Å². The van der Waals surface area contributed by atoms with Crippen molar-refractivity contribution in [3.8, 4) is 5.88 Å². The Bertz CT molecular complexity index is 1680. The summed E-state index contributed by atoms with van der Waals surface area (Å²) in [7, 11) is 3.11. The van der Waals surface area contributed by atoms with Gasteiger partial charge in [-0.05, 0) is 36.4 Å². The van der Waals surface area contributed by atoms with Crippen LogP contribution >= 0.6 is 0 Å². The van der Waals surface area contributed by atoms with Crippen molar-refractivity contribution < 1.29 is 28.9 Å². The minimum Gasteiger partial charge on any atom is -0.494 e. The summed E-state index contributed by atoms with van der Waals surface area (Å²) < 4.78 is 15.8. The molecule has 0 saturated carbocycles. The van der Waals surface area contributed by atoms with Gasteiger partial charge in [0.1, 0.15) is 0 Å². The van der Waals surface area contributed by atoms with Gasteiger partial charge in [0.05, 0.1) is 62.6 Å². The van der Waals surface area contributed by atoms with Gasteiger partial charge in [-0.25, -0.2) is 9.79 Å². The molecule has 3 aromatic carbocycles. The topological polar surface area (TPSA) is 146 Å². The van der Waals surface area contributed by atoms with Crippen molar-refractivity contribution in [2.75, 3.05) is 91.3 Å². The summed E-state index contributed by atoms with van der Waals surface area (Å²) in [6, 6.07) is 22.1. The number of piperazine rings is 1. The molecule has 1 fully saturated rings. The number of H-pyrrole nitrogens is 1. The van der Waals surface area contributed by atoms with E-state index >= 15 is 0 Å². The Balaban J connectivity index is 1.22. The zero-order valence-corrected chi connectivity index (χ0v) is 27.6. The molecule has 4 N–H and O–H groups in total. The highest BCUT2D eigenvalue weighted by molar-refractivity contribution is 6.22. The summed E-state index contributed by atoms with van der Waals surface area (Å²) >= 11 is 0. The van der Waals surface area contributed by atoms with E-state index in [4.69, 9.17) is 24.9 Å². The van der Waals surface area contributed by atoms with Crippen LogP contribution in [0.1, 0.15) is 21.5 Å². The third-order valence-electron chi connectivity index (χ3n) is 8.35.